The minimum Gasteiger partial charge on any atom is -0.283 e. The minimum absolute atomic E-state index is 0.601. The summed E-state index contributed by atoms with van der Waals surface area (Å²) in [6, 6.07) is 13.8. The summed E-state index contributed by atoms with van der Waals surface area (Å²) in [5.41, 5.74) is 0.601. The molecule has 2 rings (SSSR count). The van der Waals surface area contributed by atoms with Crippen molar-refractivity contribution < 1.29 is 8.42 Å². The Morgan fingerprint density at radius 2 is 2.07 bits per heavy atom. The maximum absolute atomic E-state index is 11.1. The Morgan fingerprint density at radius 3 is 2.80 bits per heavy atom. The highest BCUT2D eigenvalue weighted by Gasteiger charge is 2.04. The first-order chi connectivity index (χ1) is 7.06. The van der Waals surface area contributed by atoms with Crippen molar-refractivity contribution in [2.24, 2.45) is 0 Å². The Hall–Kier alpha value is -1.55. The first-order valence-corrected chi connectivity index (χ1v) is 6.32. The summed E-state index contributed by atoms with van der Waals surface area (Å²) in [5.74, 6) is 0. The molecule has 1 N–H and O–H groups in total. The van der Waals surface area contributed by atoms with Gasteiger partial charge in [-0.15, -0.1) is 0 Å². The van der Waals surface area contributed by atoms with Gasteiger partial charge in [0.05, 0.1) is 11.9 Å². The molecule has 0 aliphatic heterocycles. The molecule has 0 aliphatic rings. The molecule has 77 valence electrons. The zero-order valence-electron chi connectivity index (χ0n) is 8.19. The van der Waals surface area contributed by atoms with Gasteiger partial charge in [0.25, 0.3) is 0 Å². The molecule has 0 spiro atoms. The lowest BCUT2D eigenvalue weighted by Crippen LogP contribution is -2.09. The summed E-state index contributed by atoms with van der Waals surface area (Å²) in [5, 5.41) is 1.84. The first kappa shape index (κ1) is 9.98. The van der Waals surface area contributed by atoms with Crippen LogP contribution in [0.25, 0.3) is 10.8 Å². The lowest BCUT2D eigenvalue weighted by atomic mass is 10.1. The van der Waals surface area contributed by atoms with E-state index < -0.39 is 10.0 Å². The van der Waals surface area contributed by atoms with Crippen molar-refractivity contribution in [2.45, 2.75) is 0 Å². The molecular formula is C11H10NO2S. The van der Waals surface area contributed by atoms with Crippen molar-refractivity contribution in [2.75, 3.05) is 11.0 Å². The molecule has 4 heteroatoms. The summed E-state index contributed by atoms with van der Waals surface area (Å²) in [4.78, 5) is 0. The molecule has 0 amide bonds. The summed E-state index contributed by atoms with van der Waals surface area (Å²) in [7, 11) is -3.23. The Balaban J connectivity index is 2.61. The van der Waals surface area contributed by atoms with Gasteiger partial charge in [-0.3, -0.25) is 4.72 Å². The van der Waals surface area contributed by atoms with Crippen LogP contribution in [0.5, 0.6) is 0 Å². The largest absolute Gasteiger partial charge is 0.283 e. The van der Waals surface area contributed by atoms with E-state index in [-0.39, 0.29) is 0 Å². The number of hydrogen-bond donors (Lipinski definition) is 1. The van der Waals surface area contributed by atoms with Crippen molar-refractivity contribution in [3.8, 4) is 0 Å². The highest BCUT2D eigenvalue weighted by Crippen LogP contribution is 2.23. The second-order valence-corrected chi connectivity index (χ2v) is 5.08. The van der Waals surface area contributed by atoms with Gasteiger partial charge in [-0.25, -0.2) is 8.42 Å². The van der Waals surface area contributed by atoms with Crippen LogP contribution in [0.15, 0.2) is 36.4 Å². The molecule has 0 saturated carbocycles. The zero-order chi connectivity index (χ0) is 10.9. The second-order valence-electron chi connectivity index (χ2n) is 3.33. The van der Waals surface area contributed by atoms with Crippen LogP contribution < -0.4 is 4.72 Å². The fourth-order valence-corrected chi connectivity index (χ4v) is 2.03. The van der Waals surface area contributed by atoms with Crippen molar-refractivity contribution in [1.82, 2.24) is 0 Å². The van der Waals surface area contributed by atoms with E-state index in [2.05, 4.69) is 10.8 Å². The Morgan fingerprint density at radius 1 is 1.27 bits per heavy atom. The summed E-state index contributed by atoms with van der Waals surface area (Å²) in [6.07, 6.45) is 1.14. The van der Waals surface area contributed by atoms with Gasteiger partial charge in [0.2, 0.25) is 10.0 Å². The maximum Gasteiger partial charge on any atom is 0.229 e. The van der Waals surface area contributed by atoms with Crippen LogP contribution in [0.3, 0.4) is 0 Å². The summed E-state index contributed by atoms with van der Waals surface area (Å²) in [6.45, 7) is 0. The van der Waals surface area contributed by atoms with E-state index in [1.54, 1.807) is 12.1 Å². The van der Waals surface area contributed by atoms with Crippen molar-refractivity contribution in [3.05, 3.63) is 42.5 Å². The van der Waals surface area contributed by atoms with Gasteiger partial charge in [0.15, 0.2) is 0 Å². The van der Waals surface area contributed by atoms with Crippen LogP contribution in [-0.2, 0) is 10.0 Å². The molecule has 1 radical (unpaired) electrons. The quantitative estimate of drug-likeness (QED) is 0.841. The molecule has 15 heavy (non-hydrogen) atoms. The van der Waals surface area contributed by atoms with E-state index in [1.807, 2.05) is 24.3 Å². The Bertz CT molecular complexity index is 585. The molecule has 0 bridgehead atoms. The molecule has 3 nitrogen and oxygen atoms in total. The molecule has 0 unspecified atom stereocenters. The third kappa shape index (κ3) is 2.27. The molecule has 0 saturated heterocycles. The predicted octanol–water partition coefficient (Wildman–Crippen LogP) is 2.01. The van der Waals surface area contributed by atoms with Crippen LogP contribution in [0.1, 0.15) is 0 Å². The van der Waals surface area contributed by atoms with E-state index in [9.17, 15) is 8.42 Å². The fraction of sp³-hybridized carbons (Fsp3) is 0.0909. The third-order valence-electron chi connectivity index (χ3n) is 2.02. The van der Waals surface area contributed by atoms with Gasteiger partial charge >= 0.3 is 0 Å². The van der Waals surface area contributed by atoms with Gasteiger partial charge < -0.3 is 0 Å². The van der Waals surface area contributed by atoms with Crippen molar-refractivity contribution in [3.63, 3.8) is 0 Å². The number of fused-ring (bicyclic) bond motifs is 1. The zero-order valence-corrected chi connectivity index (χ0v) is 9.01. The van der Waals surface area contributed by atoms with Gasteiger partial charge in [0.1, 0.15) is 0 Å². The number of hydrogen-bond acceptors (Lipinski definition) is 2. The average molecular weight is 220 g/mol. The molecule has 0 atom stereocenters. The molecule has 0 aromatic heterocycles. The summed E-state index contributed by atoms with van der Waals surface area (Å²) < 4.78 is 24.7. The highest BCUT2D eigenvalue weighted by molar-refractivity contribution is 7.92. The standard InChI is InChI=1S/C11H10NO2S/c1-15(13,14)12-11-8-4-6-9-5-2-3-7-10(9)11/h3-8,12H,1H3. The van der Waals surface area contributed by atoms with Gasteiger partial charge in [0, 0.05) is 5.39 Å². The number of benzene rings is 2. The van der Waals surface area contributed by atoms with Gasteiger partial charge in [-0.1, -0.05) is 24.3 Å². The van der Waals surface area contributed by atoms with Gasteiger partial charge in [-0.05, 0) is 23.6 Å². The molecule has 0 heterocycles. The maximum atomic E-state index is 11.1. The molecular weight excluding hydrogens is 210 g/mol. The van der Waals surface area contributed by atoms with E-state index >= 15 is 0 Å². The van der Waals surface area contributed by atoms with E-state index in [0.29, 0.717) is 5.69 Å². The fourth-order valence-electron chi connectivity index (χ4n) is 1.45. The molecule has 2 aromatic rings. The van der Waals surface area contributed by atoms with E-state index in [0.717, 1.165) is 17.0 Å². The van der Waals surface area contributed by atoms with Crippen LogP contribution in [0, 0.1) is 6.07 Å². The number of anilines is 1. The smallest absolute Gasteiger partial charge is 0.229 e. The molecule has 0 aliphatic carbocycles. The van der Waals surface area contributed by atoms with Crippen molar-refractivity contribution in [1.29, 1.82) is 0 Å². The van der Waals surface area contributed by atoms with Crippen LogP contribution in [0.2, 0.25) is 0 Å². The lowest BCUT2D eigenvalue weighted by molar-refractivity contribution is 0.607. The Labute approximate surface area is 88.8 Å². The monoisotopic (exact) mass is 220 g/mol. The predicted molar refractivity (Wildman–Crippen MR) is 61.3 cm³/mol. The van der Waals surface area contributed by atoms with E-state index in [4.69, 9.17) is 0 Å². The normalized spacial score (nSPS) is 11.5. The minimum atomic E-state index is -3.23. The molecule has 2 aromatic carbocycles. The van der Waals surface area contributed by atoms with Crippen LogP contribution >= 0.6 is 0 Å². The Kier molecular flexibility index (Phi) is 2.36. The number of rotatable bonds is 2. The number of nitrogens with one attached hydrogen (secondary N) is 1. The number of sulfonamides is 1. The SMILES string of the molecule is CS(=O)(=O)Nc1cccc2c[c]ccc12. The second kappa shape index (κ2) is 3.55. The van der Waals surface area contributed by atoms with Crippen LogP contribution in [0.4, 0.5) is 5.69 Å². The van der Waals surface area contributed by atoms with E-state index in [1.165, 1.54) is 0 Å². The lowest BCUT2D eigenvalue weighted by Gasteiger charge is -2.07. The highest BCUT2D eigenvalue weighted by atomic mass is 32.2. The third-order valence-corrected chi connectivity index (χ3v) is 2.61. The van der Waals surface area contributed by atoms with Gasteiger partial charge in [-0.2, -0.15) is 0 Å². The van der Waals surface area contributed by atoms with Crippen LogP contribution in [-0.4, -0.2) is 14.7 Å². The first-order valence-electron chi connectivity index (χ1n) is 4.43. The molecule has 0 fully saturated rings. The summed E-state index contributed by atoms with van der Waals surface area (Å²) >= 11 is 0. The average Bonchev–Trinajstić information content (AvgIpc) is 2.16. The topological polar surface area (TPSA) is 46.2 Å². The van der Waals surface area contributed by atoms with Crippen molar-refractivity contribution >= 4 is 26.5 Å².